The first-order valence-electron chi connectivity index (χ1n) is 11.5. The molecule has 0 unspecified atom stereocenters. The Balaban J connectivity index is 1.57. The van der Waals surface area contributed by atoms with Gasteiger partial charge in [-0.15, -0.1) is 0 Å². The lowest BCUT2D eigenvalue weighted by molar-refractivity contribution is 0.0697. The topological polar surface area (TPSA) is 78.6 Å². The number of carboxylic acids is 1. The predicted octanol–water partition coefficient (Wildman–Crippen LogP) is 6.34. The van der Waals surface area contributed by atoms with Gasteiger partial charge in [0.25, 0.3) is 0 Å². The molecular formula is C28H25N3O3S. The van der Waals surface area contributed by atoms with Gasteiger partial charge in [-0.1, -0.05) is 44.2 Å². The van der Waals surface area contributed by atoms with Crippen LogP contribution < -0.4 is 10.2 Å². The van der Waals surface area contributed by atoms with E-state index in [1.54, 1.807) is 24.4 Å². The molecule has 0 aliphatic carbocycles. The Morgan fingerprint density at radius 1 is 1.06 bits per heavy atom. The van der Waals surface area contributed by atoms with E-state index < -0.39 is 5.97 Å². The van der Waals surface area contributed by atoms with Gasteiger partial charge in [0.1, 0.15) is 17.6 Å². The molecule has 1 aliphatic heterocycles. The fourth-order valence-electron chi connectivity index (χ4n) is 4.41. The van der Waals surface area contributed by atoms with Gasteiger partial charge in [0, 0.05) is 17.4 Å². The number of aromatic nitrogens is 1. The second kappa shape index (κ2) is 9.35. The van der Waals surface area contributed by atoms with Crippen LogP contribution in [-0.4, -0.2) is 21.2 Å². The Morgan fingerprint density at radius 2 is 1.86 bits per heavy atom. The van der Waals surface area contributed by atoms with Crippen molar-refractivity contribution in [2.24, 2.45) is 0 Å². The molecule has 1 aliphatic rings. The number of carboxylic acid groups (broad SMARTS) is 1. The summed E-state index contributed by atoms with van der Waals surface area (Å²) in [5.74, 6) is 0.752. The van der Waals surface area contributed by atoms with Crippen LogP contribution in [0.15, 0.2) is 89.5 Å². The van der Waals surface area contributed by atoms with Gasteiger partial charge in [0.15, 0.2) is 5.11 Å². The molecule has 2 N–H and O–H groups in total. The number of aromatic carboxylic acids is 1. The molecule has 0 radical (unpaired) electrons. The molecule has 0 saturated carbocycles. The van der Waals surface area contributed by atoms with Crippen molar-refractivity contribution in [3.8, 4) is 11.3 Å². The molecule has 0 bridgehead atoms. The highest BCUT2D eigenvalue weighted by Crippen LogP contribution is 2.43. The Morgan fingerprint density at radius 3 is 2.54 bits per heavy atom. The zero-order valence-corrected chi connectivity index (χ0v) is 20.2. The number of thiocarbonyl (C=S) groups is 1. The third kappa shape index (κ3) is 4.42. The highest BCUT2D eigenvalue weighted by molar-refractivity contribution is 7.80. The molecule has 6 nitrogen and oxygen atoms in total. The molecule has 1 saturated heterocycles. The molecule has 4 aromatic rings. The lowest BCUT2D eigenvalue weighted by Crippen LogP contribution is -2.29. The average Bonchev–Trinajstić information content (AvgIpc) is 3.49. The van der Waals surface area contributed by atoms with E-state index in [-0.39, 0.29) is 17.6 Å². The van der Waals surface area contributed by atoms with Crippen LogP contribution in [0.4, 0.5) is 5.69 Å². The van der Waals surface area contributed by atoms with Gasteiger partial charge in [0.05, 0.1) is 17.3 Å². The van der Waals surface area contributed by atoms with Crippen molar-refractivity contribution >= 4 is 29.0 Å². The fourth-order valence-corrected chi connectivity index (χ4v) is 4.76. The highest BCUT2D eigenvalue weighted by Gasteiger charge is 2.42. The number of carbonyl (C=O) groups is 1. The van der Waals surface area contributed by atoms with Crippen LogP contribution in [0.25, 0.3) is 11.3 Å². The number of rotatable bonds is 6. The number of hydrogen-bond acceptors (Lipinski definition) is 4. The molecule has 2 aromatic heterocycles. The maximum absolute atomic E-state index is 11.4. The summed E-state index contributed by atoms with van der Waals surface area (Å²) in [5, 5.41) is 13.4. The molecule has 0 spiro atoms. The minimum absolute atomic E-state index is 0.211. The molecule has 2 atom stereocenters. The molecule has 1 fully saturated rings. The summed E-state index contributed by atoms with van der Waals surface area (Å²) >= 11 is 5.79. The second-order valence-electron chi connectivity index (χ2n) is 8.83. The standard InChI is InChI=1S/C28H25N3O3S/c1-17(2)18-9-11-21(12-10-18)31-26(25(30-28(31)35)22-8-3-4-15-29-22)24-14-13-23(34-24)19-6-5-7-20(16-19)27(32)33/h3-17,25-26H,1-2H3,(H,30,35)(H,32,33)/t25-,26+/m1/s1. The van der Waals surface area contributed by atoms with Gasteiger partial charge in [-0.2, -0.15) is 0 Å². The van der Waals surface area contributed by atoms with Crippen LogP contribution in [0.1, 0.15) is 59.2 Å². The number of anilines is 1. The molecule has 35 heavy (non-hydrogen) atoms. The van der Waals surface area contributed by atoms with Gasteiger partial charge in [-0.3, -0.25) is 4.98 Å². The number of benzene rings is 2. The maximum Gasteiger partial charge on any atom is 0.335 e. The first-order valence-corrected chi connectivity index (χ1v) is 11.9. The van der Waals surface area contributed by atoms with E-state index in [2.05, 4.69) is 53.3 Å². The summed E-state index contributed by atoms with van der Waals surface area (Å²) in [6.45, 7) is 4.33. The van der Waals surface area contributed by atoms with Crippen LogP contribution in [0.2, 0.25) is 0 Å². The Labute approximate surface area is 209 Å². The molecule has 0 amide bonds. The zero-order chi connectivity index (χ0) is 24.5. The van der Waals surface area contributed by atoms with Crippen molar-refractivity contribution in [2.75, 3.05) is 4.90 Å². The first kappa shape index (κ1) is 22.8. The maximum atomic E-state index is 11.4. The van der Waals surface area contributed by atoms with Gasteiger partial charge in [-0.25, -0.2) is 4.79 Å². The largest absolute Gasteiger partial charge is 0.478 e. The van der Waals surface area contributed by atoms with Crippen molar-refractivity contribution in [3.05, 3.63) is 108 Å². The number of hydrogen-bond donors (Lipinski definition) is 2. The molecule has 5 rings (SSSR count). The highest BCUT2D eigenvalue weighted by atomic mass is 32.1. The third-order valence-electron chi connectivity index (χ3n) is 6.25. The second-order valence-corrected chi connectivity index (χ2v) is 9.22. The van der Waals surface area contributed by atoms with Crippen molar-refractivity contribution in [2.45, 2.75) is 31.8 Å². The Hall–Kier alpha value is -3.97. The van der Waals surface area contributed by atoms with Crippen molar-refractivity contribution in [3.63, 3.8) is 0 Å². The number of nitrogens with one attached hydrogen (secondary N) is 1. The summed E-state index contributed by atoms with van der Waals surface area (Å²) in [4.78, 5) is 18.1. The lowest BCUT2D eigenvalue weighted by atomic mass is 10.0. The molecule has 7 heteroatoms. The van der Waals surface area contributed by atoms with Crippen molar-refractivity contribution in [1.29, 1.82) is 0 Å². The van der Waals surface area contributed by atoms with Gasteiger partial charge in [0.2, 0.25) is 0 Å². The Bertz CT molecular complexity index is 1370. The third-order valence-corrected chi connectivity index (χ3v) is 6.56. The van der Waals surface area contributed by atoms with Crippen LogP contribution >= 0.6 is 12.2 Å². The van der Waals surface area contributed by atoms with Gasteiger partial charge in [-0.05, 0) is 72.2 Å². The summed E-state index contributed by atoms with van der Waals surface area (Å²) in [7, 11) is 0. The van der Waals surface area contributed by atoms with E-state index in [0.717, 1.165) is 11.4 Å². The van der Waals surface area contributed by atoms with Gasteiger partial charge >= 0.3 is 5.97 Å². The van der Waals surface area contributed by atoms with E-state index in [1.807, 2.05) is 36.4 Å². The average molecular weight is 484 g/mol. The van der Waals surface area contributed by atoms with Crippen molar-refractivity contribution < 1.29 is 14.3 Å². The predicted molar refractivity (Wildman–Crippen MR) is 140 cm³/mol. The summed E-state index contributed by atoms with van der Waals surface area (Å²) < 4.78 is 6.34. The van der Waals surface area contributed by atoms with E-state index in [9.17, 15) is 9.90 Å². The Kier molecular flexibility index (Phi) is 6.09. The van der Waals surface area contributed by atoms with Crippen molar-refractivity contribution in [1.82, 2.24) is 10.3 Å². The molecule has 3 heterocycles. The minimum Gasteiger partial charge on any atom is -0.478 e. The van der Waals surface area contributed by atoms with Crippen LogP contribution in [0.3, 0.4) is 0 Å². The fraction of sp³-hybridized carbons (Fsp3) is 0.179. The monoisotopic (exact) mass is 483 g/mol. The summed E-state index contributed by atoms with van der Waals surface area (Å²) in [5.41, 5.74) is 3.98. The van der Waals surface area contributed by atoms with Crippen LogP contribution in [-0.2, 0) is 0 Å². The lowest BCUT2D eigenvalue weighted by Gasteiger charge is -2.26. The SMILES string of the molecule is CC(C)c1ccc(N2C(=S)N[C@H](c3ccccn3)[C@@H]2c2ccc(-c3cccc(C(=O)O)c3)o2)cc1. The normalized spacial score (nSPS) is 17.6. The van der Waals surface area contributed by atoms with E-state index >= 15 is 0 Å². The number of pyridine rings is 1. The molecular weight excluding hydrogens is 458 g/mol. The zero-order valence-electron chi connectivity index (χ0n) is 19.4. The minimum atomic E-state index is -0.977. The summed E-state index contributed by atoms with van der Waals surface area (Å²) in [6.07, 6.45) is 1.77. The van der Waals surface area contributed by atoms with Crippen LogP contribution in [0.5, 0.6) is 0 Å². The summed E-state index contributed by atoms with van der Waals surface area (Å²) in [6, 6.07) is 24.2. The van der Waals surface area contributed by atoms with E-state index in [4.69, 9.17) is 16.6 Å². The number of nitrogens with zero attached hydrogens (tertiary/aromatic N) is 2. The van der Waals surface area contributed by atoms with E-state index in [0.29, 0.717) is 28.1 Å². The molecule has 2 aromatic carbocycles. The van der Waals surface area contributed by atoms with E-state index in [1.165, 1.54) is 5.56 Å². The first-order chi connectivity index (χ1) is 16.9. The number of furan rings is 1. The quantitative estimate of drug-likeness (QED) is 0.310. The van der Waals surface area contributed by atoms with Crippen LogP contribution in [0, 0.1) is 0 Å². The smallest absolute Gasteiger partial charge is 0.335 e. The molecule has 176 valence electrons. The van der Waals surface area contributed by atoms with Gasteiger partial charge < -0.3 is 19.7 Å².